The van der Waals surface area contributed by atoms with Gasteiger partial charge >= 0.3 is 0 Å². The van der Waals surface area contributed by atoms with Crippen LogP contribution in [0, 0.1) is 0 Å². The molecule has 1 N–H and O–H groups in total. The van der Waals surface area contributed by atoms with Crippen molar-refractivity contribution in [1.29, 1.82) is 0 Å². The fourth-order valence-corrected chi connectivity index (χ4v) is 6.46. The van der Waals surface area contributed by atoms with Gasteiger partial charge < -0.3 is 10.1 Å². The number of anilines is 2. The van der Waals surface area contributed by atoms with Crippen LogP contribution in [0.3, 0.4) is 0 Å². The fourth-order valence-electron chi connectivity index (χ4n) is 3.95. The molecule has 182 valence electrons. The van der Waals surface area contributed by atoms with E-state index >= 15 is 0 Å². The Kier molecular flexibility index (Phi) is 6.97. The number of carbonyl (C=O) groups excluding carboxylic acids is 1. The van der Waals surface area contributed by atoms with Crippen LogP contribution < -0.4 is 14.4 Å². The summed E-state index contributed by atoms with van der Waals surface area (Å²) in [6.07, 6.45) is -1.01. The summed E-state index contributed by atoms with van der Waals surface area (Å²) >= 11 is 1.54. The first-order valence-corrected chi connectivity index (χ1v) is 13.8. The van der Waals surface area contributed by atoms with Crippen LogP contribution in [-0.4, -0.2) is 27.0 Å². The summed E-state index contributed by atoms with van der Waals surface area (Å²) in [6.45, 7) is -0.119. The summed E-state index contributed by atoms with van der Waals surface area (Å²) in [6, 6.07) is 33.3. The summed E-state index contributed by atoms with van der Waals surface area (Å²) in [5.41, 5.74) is 1.74. The molecule has 0 fully saturated rings. The van der Waals surface area contributed by atoms with E-state index in [4.69, 9.17) is 4.74 Å². The van der Waals surface area contributed by atoms with E-state index in [1.54, 1.807) is 48.5 Å². The van der Waals surface area contributed by atoms with Gasteiger partial charge in [-0.1, -0.05) is 84.6 Å². The molecule has 0 radical (unpaired) electrons. The molecule has 1 aliphatic heterocycles. The topological polar surface area (TPSA) is 75.7 Å². The Hall–Kier alpha value is -3.75. The van der Waals surface area contributed by atoms with Crippen molar-refractivity contribution < 1.29 is 17.9 Å². The van der Waals surface area contributed by atoms with Crippen LogP contribution in [0.4, 0.5) is 11.4 Å². The van der Waals surface area contributed by atoms with E-state index in [0.29, 0.717) is 22.7 Å². The zero-order valence-corrected chi connectivity index (χ0v) is 20.9. The highest BCUT2D eigenvalue weighted by molar-refractivity contribution is 7.99. The van der Waals surface area contributed by atoms with Crippen LogP contribution in [0.1, 0.15) is 5.56 Å². The summed E-state index contributed by atoms with van der Waals surface area (Å²) in [5.74, 6) is -0.231. The van der Waals surface area contributed by atoms with Crippen LogP contribution in [0.5, 0.6) is 5.75 Å². The highest BCUT2D eigenvalue weighted by Crippen LogP contribution is 2.37. The normalized spacial score (nSPS) is 15.0. The van der Waals surface area contributed by atoms with E-state index < -0.39 is 22.0 Å². The van der Waals surface area contributed by atoms with Crippen LogP contribution in [0.2, 0.25) is 0 Å². The number of carbonyl (C=O) groups is 1. The van der Waals surface area contributed by atoms with Gasteiger partial charge in [0.05, 0.1) is 23.7 Å². The molecule has 0 aliphatic carbocycles. The molecule has 6 nitrogen and oxygen atoms in total. The molecule has 1 heterocycles. The molecule has 4 aromatic rings. The second-order valence-corrected chi connectivity index (χ2v) is 11.3. The van der Waals surface area contributed by atoms with Gasteiger partial charge in [0.1, 0.15) is 5.75 Å². The van der Waals surface area contributed by atoms with Gasteiger partial charge in [0.2, 0.25) is 10.0 Å². The van der Waals surface area contributed by atoms with Crippen molar-refractivity contribution in [3.05, 3.63) is 115 Å². The second kappa shape index (κ2) is 10.5. The Morgan fingerprint density at radius 3 is 2.28 bits per heavy atom. The summed E-state index contributed by atoms with van der Waals surface area (Å²) in [5, 5.41) is 2.95. The Morgan fingerprint density at radius 1 is 0.861 bits per heavy atom. The molecule has 1 amide bonds. The van der Waals surface area contributed by atoms with Crippen molar-refractivity contribution in [2.75, 3.05) is 16.2 Å². The summed E-state index contributed by atoms with van der Waals surface area (Å²) < 4.78 is 34.1. The highest BCUT2D eigenvalue weighted by atomic mass is 32.2. The number of benzene rings is 4. The van der Waals surface area contributed by atoms with E-state index in [0.717, 1.165) is 9.79 Å². The highest BCUT2D eigenvalue weighted by Gasteiger charge is 2.36. The van der Waals surface area contributed by atoms with Gasteiger partial charge in [-0.25, -0.2) is 8.42 Å². The molecule has 0 unspecified atom stereocenters. The second-order valence-electron chi connectivity index (χ2n) is 8.25. The number of sulfonamides is 1. The predicted octanol–water partition coefficient (Wildman–Crippen LogP) is 5.57. The lowest BCUT2D eigenvalue weighted by Gasteiger charge is -2.34. The van der Waals surface area contributed by atoms with E-state index in [-0.39, 0.29) is 12.3 Å². The summed E-state index contributed by atoms with van der Waals surface area (Å²) in [7, 11) is -3.77. The molecule has 36 heavy (non-hydrogen) atoms. The number of rotatable bonds is 7. The Bertz CT molecular complexity index is 1460. The number of para-hydroxylation sites is 3. The maximum atomic E-state index is 13.4. The molecular formula is C28H24N2O4S2. The van der Waals surface area contributed by atoms with Gasteiger partial charge in [0.25, 0.3) is 5.91 Å². The zero-order valence-electron chi connectivity index (χ0n) is 19.3. The third-order valence-electron chi connectivity index (χ3n) is 5.67. The Balaban J connectivity index is 1.39. The van der Waals surface area contributed by atoms with Gasteiger partial charge in [-0.15, -0.1) is 0 Å². The molecule has 8 heteroatoms. The molecular weight excluding hydrogens is 492 g/mol. The lowest BCUT2D eigenvalue weighted by molar-refractivity contribution is -0.122. The number of nitrogens with one attached hydrogen (secondary N) is 1. The standard InChI is InChI=1S/C28H24N2O4S2/c31-28(29-23-15-7-10-18-27(23)35-22-13-5-2-6-14-22)26-19-30(24-16-8-9-17-25(24)34-26)36(32,33)20-21-11-3-1-4-12-21/h1-18,26H,19-20H2,(H,29,31)/t26-/m0/s1. The van der Waals surface area contributed by atoms with Gasteiger partial charge in [-0.05, 0) is 42.0 Å². The minimum absolute atomic E-state index is 0.119. The average Bonchev–Trinajstić information content (AvgIpc) is 2.90. The number of nitrogens with zero attached hydrogens (tertiary/aromatic N) is 1. The monoisotopic (exact) mass is 516 g/mol. The molecule has 5 rings (SSSR count). The van der Waals surface area contributed by atoms with E-state index in [2.05, 4.69) is 5.32 Å². The first kappa shape index (κ1) is 24.0. The SMILES string of the molecule is O=C(Nc1ccccc1Sc1ccccc1)[C@@H]1CN(S(=O)(=O)Cc2ccccc2)c2ccccc2O1. The van der Waals surface area contributed by atoms with Gasteiger partial charge in [-0.2, -0.15) is 0 Å². The average molecular weight is 517 g/mol. The number of amides is 1. The molecule has 0 spiro atoms. The first-order chi connectivity index (χ1) is 17.5. The van der Waals surface area contributed by atoms with Crippen molar-refractivity contribution >= 4 is 39.1 Å². The number of fused-ring (bicyclic) bond motifs is 1. The molecule has 0 saturated heterocycles. The fraction of sp³-hybridized carbons (Fsp3) is 0.107. The lowest BCUT2D eigenvalue weighted by Crippen LogP contribution is -2.49. The smallest absolute Gasteiger partial charge is 0.267 e. The third-order valence-corrected chi connectivity index (χ3v) is 8.47. The Morgan fingerprint density at radius 2 is 1.50 bits per heavy atom. The van der Waals surface area contributed by atoms with Crippen LogP contribution >= 0.6 is 11.8 Å². The molecule has 0 bridgehead atoms. The van der Waals surface area contributed by atoms with Crippen molar-refractivity contribution in [1.82, 2.24) is 0 Å². The quantitative estimate of drug-likeness (QED) is 0.347. The largest absolute Gasteiger partial charge is 0.476 e. The number of hydrogen-bond donors (Lipinski definition) is 1. The van der Waals surface area contributed by atoms with Gasteiger partial charge in [-0.3, -0.25) is 9.10 Å². The van der Waals surface area contributed by atoms with Crippen LogP contribution in [0.25, 0.3) is 0 Å². The summed E-state index contributed by atoms with van der Waals surface area (Å²) in [4.78, 5) is 15.3. The number of hydrogen-bond acceptors (Lipinski definition) is 5. The molecule has 1 atom stereocenters. The van der Waals surface area contributed by atoms with Crippen LogP contribution in [-0.2, 0) is 20.6 Å². The minimum atomic E-state index is -3.77. The van der Waals surface area contributed by atoms with E-state index in [1.165, 1.54) is 16.1 Å². The number of ether oxygens (including phenoxy) is 1. The minimum Gasteiger partial charge on any atom is -0.476 e. The van der Waals surface area contributed by atoms with Crippen molar-refractivity contribution in [3.8, 4) is 5.75 Å². The van der Waals surface area contributed by atoms with Crippen LogP contribution in [0.15, 0.2) is 119 Å². The van der Waals surface area contributed by atoms with Crippen molar-refractivity contribution in [2.45, 2.75) is 21.6 Å². The first-order valence-electron chi connectivity index (χ1n) is 11.4. The molecule has 0 saturated carbocycles. The van der Waals surface area contributed by atoms with Gasteiger partial charge in [0, 0.05) is 9.79 Å². The van der Waals surface area contributed by atoms with E-state index in [9.17, 15) is 13.2 Å². The zero-order chi connectivity index (χ0) is 25.0. The predicted molar refractivity (Wildman–Crippen MR) is 143 cm³/mol. The maximum absolute atomic E-state index is 13.4. The Labute approximate surface area is 215 Å². The molecule has 0 aromatic heterocycles. The molecule has 4 aromatic carbocycles. The lowest BCUT2D eigenvalue weighted by atomic mass is 10.2. The van der Waals surface area contributed by atoms with Gasteiger partial charge in [0.15, 0.2) is 6.10 Å². The molecule has 1 aliphatic rings. The van der Waals surface area contributed by atoms with E-state index in [1.807, 2.05) is 60.7 Å². The van der Waals surface area contributed by atoms with Crippen molar-refractivity contribution in [2.24, 2.45) is 0 Å². The van der Waals surface area contributed by atoms with Crippen molar-refractivity contribution in [3.63, 3.8) is 0 Å². The third kappa shape index (κ3) is 5.40. The maximum Gasteiger partial charge on any atom is 0.267 e.